The normalized spacial score (nSPS) is 18.9. The maximum atomic E-state index is 2.56. The van der Waals surface area contributed by atoms with Crippen molar-refractivity contribution in [2.24, 2.45) is 0 Å². The van der Waals surface area contributed by atoms with Crippen LogP contribution in [0.5, 0.6) is 0 Å². The minimum Gasteiger partial charge on any atom is -0.301 e. The summed E-state index contributed by atoms with van der Waals surface area (Å²) in [7, 11) is 0. The Kier molecular flexibility index (Phi) is 3.97. The maximum Gasteiger partial charge on any atom is 0.0234 e. The van der Waals surface area contributed by atoms with Crippen LogP contribution in [0.15, 0.2) is 24.3 Å². The van der Waals surface area contributed by atoms with Gasteiger partial charge in [-0.2, -0.15) is 0 Å². The zero-order valence-electron chi connectivity index (χ0n) is 10.4. The first kappa shape index (κ1) is 11.6. The lowest BCUT2D eigenvalue weighted by Gasteiger charge is -2.34. The summed E-state index contributed by atoms with van der Waals surface area (Å²) in [6.07, 6.45) is 0. The zero-order valence-corrected chi connectivity index (χ0v) is 10.4. The van der Waals surface area contributed by atoms with Gasteiger partial charge in [0.1, 0.15) is 0 Å². The average molecular weight is 218 g/mol. The summed E-state index contributed by atoms with van der Waals surface area (Å²) >= 11 is 0. The highest BCUT2D eigenvalue weighted by atomic mass is 15.3. The molecule has 2 nitrogen and oxygen atoms in total. The van der Waals surface area contributed by atoms with Crippen molar-refractivity contribution in [2.75, 3.05) is 32.7 Å². The smallest absolute Gasteiger partial charge is 0.0234 e. The standard InChI is InChI=1S/C14H22N2/c1-3-15-7-9-16(10-8-15)12-14-6-4-5-13(2)11-14/h4-6,11H,3,7-10,12H2,1-2H3. The Bertz CT molecular complexity index is 327. The van der Waals surface area contributed by atoms with E-state index in [1.807, 2.05) is 0 Å². The summed E-state index contributed by atoms with van der Waals surface area (Å²) in [6.45, 7) is 11.6. The van der Waals surface area contributed by atoms with Gasteiger partial charge in [0, 0.05) is 32.7 Å². The van der Waals surface area contributed by atoms with Gasteiger partial charge in [0.25, 0.3) is 0 Å². The molecule has 1 heterocycles. The number of nitrogens with zero attached hydrogens (tertiary/aromatic N) is 2. The summed E-state index contributed by atoms with van der Waals surface area (Å²) in [5.74, 6) is 0. The van der Waals surface area contributed by atoms with Crippen molar-refractivity contribution in [3.63, 3.8) is 0 Å². The largest absolute Gasteiger partial charge is 0.301 e. The summed E-state index contributed by atoms with van der Waals surface area (Å²) in [5.41, 5.74) is 2.81. The van der Waals surface area contributed by atoms with Crippen molar-refractivity contribution in [3.8, 4) is 0 Å². The van der Waals surface area contributed by atoms with Gasteiger partial charge in [-0.15, -0.1) is 0 Å². The third-order valence-corrected chi connectivity index (χ3v) is 3.40. The second-order valence-electron chi connectivity index (χ2n) is 4.70. The molecule has 0 unspecified atom stereocenters. The molecule has 0 aromatic heterocycles. The van der Waals surface area contributed by atoms with Crippen LogP contribution in [0.25, 0.3) is 0 Å². The fraction of sp³-hybridized carbons (Fsp3) is 0.571. The van der Waals surface area contributed by atoms with E-state index in [-0.39, 0.29) is 0 Å². The molecule has 1 fully saturated rings. The molecular formula is C14H22N2. The molecule has 0 saturated carbocycles. The summed E-state index contributed by atoms with van der Waals surface area (Å²) in [6, 6.07) is 8.86. The molecule has 0 N–H and O–H groups in total. The van der Waals surface area contributed by atoms with E-state index in [4.69, 9.17) is 0 Å². The lowest BCUT2D eigenvalue weighted by atomic mass is 10.1. The topological polar surface area (TPSA) is 6.48 Å². The molecule has 0 radical (unpaired) electrons. The molecule has 1 aliphatic rings. The van der Waals surface area contributed by atoms with E-state index in [0.717, 1.165) is 6.54 Å². The number of piperazine rings is 1. The van der Waals surface area contributed by atoms with Gasteiger partial charge in [0.05, 0.1) is 0 Å². The van der Waals surface area contributed by atoms with Gasteiger partial charge in [-0.25, -0.2) is 0 Å². The Labute approximate surface area is 98.9 Å². The summed E-state index contributed by atoms with van der Waals surface area (Å²) in [4.78, 5) is 5.08. The molecule has 88 valence electrons. The predicted molar refractivity (Wildman–Crippen MR) is 68.6 cm³/mol. The summed E-state index contributed by atoms with van der Waals surface area (Å²) < 4.78 is 0. The second-order valence-corrected chi connectivity index (χ2v) is 4.70. The van der Waals surface area contributed by atoms with Crippen LogP contribution in [0, 0.1) is 6.92 Å². The molecule has 1 aromatic rings. The maximum absolute atomic E-state index is 2.56. The Morgan fingerprint density at radius 2 is 1.75 bits per heavy atom. The number of likely N-dealkylation sites (N-methyl/N-ethyl adjacent to an activating group) is 1. The first-order valence-corrected chi connectivity index (χ1v) is 6.28. The van der Waals surface area contributed by atoms with Crippen LogP contribution in [0.4, 0.5) is 0 Å². The van der Waals surface area contributed by atoms with Gasteiger partial charge in [-0.3, -0.25) is 4.90 Å². The summed E-state index contributed by atoms with van der Waals surface area (Å²) in [5, 5.41) is 0. The van der Waals surface area contributed by atoms with E-state index in [9.17, 15) is 0 Å². The third-order valence-electron chi connectivity index (χ3n) is 3.40. The van der Waals surface area contributed by atoms with Crippen LogP contribution in [-0.4, -0.2) is 42.5 Å². The van der Waals surface area contributed by atoms with Gasteiger partial charge >= 0.3 is 0 Å². The minimum absolute atomic E-state index is 1.11. The average Bonchev–Trinajstić information content (AvgIpc) is 2.30. The Morgan fingerprint density at radius 1 is 1.06 bits per heavy atom. The molecular weight excluding hydrogens is 196 g/mol. The Balaban J connectivity index is 1.87. The molecule has 0 atom stereocenters. The molecule has 0 amide bonds. The van der Waals surface area contributed by atoms with E-state index in [0.29, 0.717) is 0 Å². The van der Waals surface area contributed by atoms with Crippen LogP contribution in [-0.2, 0) is 6.54 Å². The fourth-order valence-corrected chi connectivity index (χ4v) is 2.33. The molecule has 1 aliphatic heterocycles. The van der Waals surface area contributed by atoms with Crippen LogP contribution in [0.3, 0.4) is 0 Å². The lowest BCUT2D eigenvalue weighted by Crippen LogP contribution is -2.45. The van der Waals surface area contributed by atoms with Crippen LogP contribution < -0.4 is 0 Å². The van der Waals surface area contributed by atoms with Crippen molar-refractivity contribution in [1.29, 1.82) is 0 Å². The van der Waals surface area contributed by atoms with Crippen LogP contribution in [0.2, 0.25) is 0 Å². The van der Waals surface area contributed by atoms with Crippen LogP contribution >= 0.6 is 0 Å². The molecule has 2 heteroatoms. The van der Waals surface area contributed by atoms with E-state index < -0.39 is 0 Å². The number of hydrogen-bond donors (Lipinski definition) is 0. The van der Waals surface area contributed by atoms with E-state index >= 15 is 0 Å². The van der Waals surface area contributed by atoms with Crippen molar-refractivity contribution in [2.45, 2.75) is 20.4 Å². The highest BCUT2D eigenvalue weighted by Crippen LogP contribution is 2.09. The highest BCUT2D eigenvalue weighted by molar-refractivity contribution is 5.22. The molecule has 0 aliphatic carbocycles. The van der Waals surface area contributed by atoms with Crippen molar-refractivity contribution in [1.82, 2.24) is 9.80 Å². The van der Waals surface area contributed by atoms with Gasteiger partial charge in [-0.1, -0.05) is 36.8 Å². The Morgan fingerprint density at radius 3 is 2.38 bits per heavy atom. The number of rotatable bonds is 3. The van der Waals surface area contributed by atoms with E-state index in [1.165, 1.54) is 43.9 Å². The van der Waals surface area contributed by atoms with Gasteiger partial charge in [0.15, 0.2) is 0 Å². The van der Waals surface area contributed by atoms with Gasteiger partial charge < -0.3 is 4.90 Å². The number of aryl methyl sites for hydroxylation is 1. The first-order valence-electron chi connectivity index (χ1n) is 6.28. The molecule has 1 aromatic carbocycles. The molecule has 0 spiro atoms. The van der Waals surface area contributed by atoms with Crippen LogP contribution in [0.1, 0.15) is 18.1 Å². The molecule has 2 rings (SSSR count). The number of benzene rings is 1. The van der Waals surface area contributed by atoms with Crippen molar-refractivity contribution in [3.05, 3.63) is 35.4 Å². The number of hydrogen-bond acceptors (Lipinski definition) is 2. The second kappa shape index (κ2) is 5.46. The third kappa shape index (κ3) is 3.06. The Hall–Kier alpha value is -0.860. The quantitative estimate of drug-likeness (QED) is 0.767. The predicted octanol–water partition coefficient (Wildman–Crippen LogP) is 2.13. The monoisotopic (exact) mass is 218 g/mol. The van der Waals surface area contributed by atoms with E-state index in [2.05, 4.69) is 47.9 Å². The molecule has 1 saturated heterocycles. The fourth-order valence-electron chi connectivity index (χ4n) is 2.33. The highest BCUT2D eigenvalue weighted by Gasteiger charge is 2.15. The van der Waals surface area contributed by atoms with Crippen molar-refractivity contribution >= 4 is 0 Å². The SMILES string of the molecule is CCN1CCN(Cc2cccc(C)c2)CC1. The lowest BCUT2D eigenvalue weighted by molar-refractivity contribution is 0.132. The minimum atomic E-state index is 1.11. The molecule has 16 heavy (non-hydrogen) atoms. The molecule has 0 bridgehead atoms. The van der Waals surface area contributed by atoms with Crippen molar-refractivity contribution < 1.29 is 0 Å². The van der Waals surface area contributed by atoms with Gasteiger partial charge in [0.2, 0.25) is 0 Å². The van der Waals surface area contributed by atoms with E-state index in [1.54, 1.807) is 0 Å². The zero-order chi connectivity index (χ0) is 11.4. The van der Waals surface area contributed by atoms with Gasteiger partial charge in [-0.05, 0) is 19.0 Å². The first-order chi connectivity index (χ1) is 7.78.